The first-order chi connectivity index (χ1) is 10.4. The van der Waals surface area contributed by atoms with Gasteiger partial charge in [0.15, 0.2) is 0 Å². The molecule has 0 unspecified atom stereocenters. The molecule has 0 radical (unpaired) electrons. The maximum atomic E-state index is 12.6. The molecule has 0 saturated carbocycles. The number of hydrogen-bond acceptors (Lipinski definition) is 4. The maximum absolute atomic E-state index is 12.6. The Kier molecular flexibility index (Phi) is 5.69. The monoisotopic (exact) mass is 333 g/mol. The van der Waals surface area contributed by atoms with Gasteiger partial charge in [-0.05, 0) is 44.5 Å². The van der Waals surface area contributed by atoms with E-state index in [4.69, 9.17) is 0 Å². The van der Waals surface area contributed by atoms with E-state index >= 15 is 0 Å². The number of nitrogens with one attached hydrogen (secondary N) is 1. The first-order valence-corrected chi connectivity index (χ1v) is 7.87. The number of pyridine rings is 1. The molecule has 1 aliphatic heterocycles. The minimum atomic E-state index is -4.46. The summed E-state index contributed by atoms with van der Waals surface area (Å²) in [4.78, 5) is 17.8. The minimum Gasteiger partial charge on any atom is -0.339 e. The van der Waals surface area contributed by atoms with Crippen LogP contribution < -0.4 is 5.32 Å². The largest absolute Gasteiger partial charge is 0.447 e. The molecule has 1 amide bonds. The Balaban J connectivity index is 2.07. The number of hydrogen-bond donors (Lipinski definition) is 1. The zero-order chi connectivity index (χ0) is 16.2. The molecular formula is C14H18F3N3OS. The van der Waals surface area contributed by atoms with Gasteiger partial charge in [-0.1, -0.05) is 0 Å². The van der Waals surface area contributed by atoms with E-state index in [0.29, 0.717) is 19.0 Å². The summed E-state index contributed by atoms with van der Waals surface area (Å²) >= 11 is -0.340. The highest BCUT2D eigenvalue weighted by Gasteiger charge is 2.33. The Morgan fingerprint density at radius 2 is 2.14 bits per heavy atom. The smallest absolute Gasteiger partial charge is 0.339 e. The highest BCUT2D eigenvalue weighted by molar-refractivity contribution is 8.00. The van der Waals surface area contributed by atoms with E-state index < -0.39 is 5.51 Å². The fraction of sp³-hybridized carbons (Fsp3) is 0.571. The van der Waals surface area contributed by atoms with Crippen LogP contribution in [0, 0.1) is 5.92 Å². The molecule has 0 aromatic carbocycles. The lowest BCUT2D eigenvalue weighted by molar-refractivity contribution is -0.0329. The Labute approximate surface area is 131 Å². The van der Waals surface area contributed by atoms with Crippen molar-refractivity contribution in [1.82, 2.24) is 15.2 Å². The van der Waals surface area contributed by atoms with Crippen molar-refractivity contribution in [2.24, 2.45) is 5.92 Å². The van der Waals surface area contributed by atoms with Crippen LogP contribution in [0.3, 0.4) is 0 Å². The number of piperidine rings is 1. The van der Waals surface area contributed by atoms with Gasteiger partial charge in [-0.15, -0.1) is 0 Å². The number of alkyl halides is 3. The third-order valence-electron chi connectivity index (χ3n) is 3.61. The summed E-state index contributed by atoms with van der Waals surface area (Å²) in [7, 11) is 1.88. The zero-order valence-corrected chi connectivity index (χ0v) is 13.0. The molecule has 122 valence electrons. The van der Waals surface area contributed by atoms with Crippen molar-refractivity contribution in [3.63, 3.8) is 0 Å². The fourth-order valence-electron chi connectivity index (χ4n) is 2.54. The molecule has 1 N–H and O–H groups in total. The summed E-state index contributed by atoms with van der Waals surface area (Å²) in [6, 6.07) is 2.89. The van der Waals surface area contributed by atoms with E-state index in [9.17, 15) is 18.0 Å². The van der Waals surface area contributed by atoms with Crippen LogP contribution in [0.15, 0.2) is 23.4 Å². The molecule has 0 bridgehead atoms. The second kappa shape index (κ2) is 7.32. The molecule has 1 aromatic rings. The van der Waals surface area contributed by atoms with Crippen molar-refractivity contribution in [2.75, 3.05) is 26.7 Å². The predicted molar refractivity (Wildman–Crippen MR) is 78.7 cm³/mol. The third kappa shape index (κ3) is 4.61. The van der Waals surface area contributed by atoms with Crippen LogP contribution in [0.25, 0.3) is 0 Å². The van der Waals surface area contributed by atoms with Gasteiger partial charge in [0, 0.05) is 31.0 Å². The van der Waals surface area contributed by atoms with Gasteiger partial charge in [-0.2, -0.15) is 13.2 Å². The topological polar surface area (TPSA) is 45.2 Å². The number of amides is 1. The highest BCUT2D eigenvalue weighted by Crippen LogP contribution is 2.37. The summed E-state index contributed by atoms with van der Waals surface area (Å²) in [6.45, 7) is 2.02. The van der Waals surface area contributed by atoms with Crippen molar-refractivity contribution in [3.8, 4) is 0 Å². The van der Waals surface area contributed by atoms with Crippen molar-refractivity contribution in [3.05, 3.63) is 23.9 Å². The van der Waals surface area contributed by atoms with Crippen LogP contribution in [-0.2, 0) is 0 Å². The molecule has 0 aliphatic carbocycles. The number of halogens is 3. The normalized spacial score (nSPS) is 16.8. The van der Waals surface area contributed by atoms with Crippen LogP contribution in [0.1, 0.15) is 23.2 Å². The number of thioether (sulfide) groups is 1. The molecule has 2 heterocycles. The molecule has 1 fully saturated rings. The number of likely N-dealkylation sites (tertiary alicyclic amines) is 1. The Bertz CT molecular complexity index is 516. The van der Waals surface area contributed by atoms with Crippen LogP contribution in [0.5, 0.6) is 0 Å². The van der Waals surface area contributed by atoms with Gasteiger partial charge < -0.3 is 10.2 Å². The Hall–Kier alpha value is -1.28. The maximum Gasteiger partial charge on any atom is 0.447 e. The molecule has 2 rings (SSSR count). The van der Waals surface area contributed by atoms with Gasteiger partial charge in [0.05, 0.1) is 5.56 Å². The van der Waals surface area contributed by atoms with E-state index in [1.807, 2.05) is 7.05 Å². The fourth-order valence-corrected chi connectivity index (χ4v) is 3.14. The number of carbonyl (C=O) groups is 1. The molecule has 1 saturated heterocycles. The highest BCUT2D eigenvalue weighted by atomic mass is 32.2. The number of aromatic nitrogens is 1. The van der Waals surface area contributed by atoms with Crippen LogP contribution >= 0.6 is 11.8 Å². The lowest BCUT2D eigenvalue weighted by Crippen LogP contribution is -2.40. The second-order valence-electron chi connectivity index (χ2n) is 5.20. The SMILES string of the molecule is CNCC1CCN(C(=O)c2cccnc2SC(F)(F)F)CC1. The van der Waals surface area contributed by atoms with Crippen LogP contribution in [0.4, 0.5) is 13.2 Å². The Morgan fingerprint density at radius 1 is 1.45 bits per heavy atom. The molecule has 8 heteroatoms. The molecule has 22 heavy (non-hydrogen) atoms. The third-order valence-corrected chi connectivity index (χ3v) is 4.36. The van der Waals surface area contributed by atoms with E-state index in [1.54, 1.807) is 4.90 Å². The average molecular weight is 333 g/mol. The molecule has 0 atom stereocenters. The molecule has 0 spiro atoms. The zero-order valence-electron chi connectivity index (χ0n) is 12.2. The Morgan fingerprint density at radius 3 is 2.73 bits per heavy atom. The van der Waals surface area contributed by atoms with E-state index in [1.165, 1.54) is 18.3 Å². The van der Waals surface area contributed by atoms with Crippen molar-refractivity contribution in [2.45, 2.75) is 23.4 Å². The summed E-state index contributed by atoms with van der Waals surface area (Å²) in [6.07, 6.45) is 2.98. The van der Waals surface area contributed by atoms with Crippen LogP contribution in [-0.4, -0.2) is 48.0 Å². The summed E-state index contributed by atoms with van der Waals surface area (Å²) < 4.78 is 37.7. The minimum absolute atomic E-state index is 0.0249. The standard InChI is InChI=1S/C14H18F3N3OS/c1-18-9-10-4-7-20(8-5-10)13(21)11-3-2-6-19-12(11)22-14(15,16)17/h2-3,6,10,18H,4-5,7-9H2,1H3. The van der Waals surface area contributed by atoms with Crippen molar-refractivity contribution < 1.29 is 18.0 Å². The van der Waals surface area contributed by atoms with Crippen molar-refractivity contribution >= 4 is 17.7 Å². The first-order valence-electron chi connectivity index (χ1n) is 7.05. The molecule has 1 aromatic heterocycles. The number of rotatable bonds is 4. The first kappa shape index (κ1) is 17.1. The molecular weight excluding hydrogens is 315 g/mol. The quantitative estimate of drug-likeness (QED) is 0.861. The van der Waals surface area contributed by atoms with E-state index in [-0.39, 0.29) is 28.3 Å². The van der Waals surface area contributed by atoms with Gasteiger partial charge >= 0.3 is 5.51 Å². The predicted octanol–water partition coefficient (Wildman–Crippen LogP) is 2.77. The van der Waals surface area contributed by atoms with Crippen LogP contribution in [0.2, 0.25) is 0 Å². The summed E-state index contributed by atoms with van der Waals surface area (Å²) in [5.41, 5.74) is -4.43. The van der Waals surface area contributed by atoms with Gasteiger partial charge in [-0.3, -0.25) is 4.79 Å². The van der Waals surface area contributed by atoms with Crippen molar-refractivity contribution in [1.29, 1.82) is 0 Å². The summed E-state index contributed by atoms with van der Waals surface area (Å²) in [5.74, 6) is 0.134. The number of carbonyl (C=O) groups excluding carboxylic acids is 1. The van der Waals surface area contributed by atoms with E-state index in [2.05, 4.69) is 10.3 Å². The average Bonchev–Trinajstić information content (AvgIpc) is 2.47. The summed E-state index contributed by atoms with van der Waals surface area (Å²) in [5, 5.41) is 2.83. The second-order valence-corrected chi connectivity index (χ2v) is 6.25. The number of nitrogens with zero attached hydrogens (tertiary/aromatic N) is 2. The van der Waals surface area contributed by atoms with Gasteiger partial charge in [0.1, 0.15) is 5.03 Å². The molecule has 1 aliphatic rings. The van der Waals surface area contributed by atoms with Gasteiger partial charge in [0.25, 0.3) is 5.91 Å². The lowest BCUT2D eigenvalue weighted by Gasteiger charge is -2.32. The lowest BCUT2D eigenvalue weighted by atomic mass is 9.96. The van der Waals surface area contributed by atoms with Gasteiger partial charge in [0.2, 0.25) is 0 Å². The van der Waals surface area contributed by atoms with Gasteiger partial charge in [-0.25, -0.2) is 4.98 Å². The molecule has 4 nitrogen and oxygen atoms in total. The van der Waals surface area contributed by atoms with E-state index in [0.717, 1.165) is 19.4 Å².